The van der Waals surface area contributed by atoms with Gasteiger partial charge in [0.25, 0.3) is 5.91 Å². The molecule has 0 fully saturated rings. The quantitative estimate of drug-likeness (QED) is 0.249. The second-order valence-corrected chi connectivity index (χ2v) is 10.1. The topological polar surface area (TPSA) is 124 Å². The lowest BCUT2D eigenvalue weighted by atomic mass is 9.92. The van der Waals surface area contributed by atoms with Gasteiger partial charge in [-0.1, -0.05) is 6.07 Å². The number of carboxylic acid groups (broad SMARTS) is 1. The molecule has 0 saturated carbocycles. The minimum atomic E-state index is -4.71. The number of hydrogen-bond acceptors (Lipinski definition) is 7. The molecule has 1 aliphatic carbocycles. The van der Waals surface area contributed by atoms with Crippen LogP contribution in [0.25, 0.3) is 16.9 Å². The Morgan fingerprint density at radius 1 is 1.12 bits per heavy atom. The van der Waals surface area contributed by atoms with Gasteiger partial charge in [0, 0.05) is 31.2 Å². The fourth-order valence-electron chi connectivity index (χ4n) is 5.20. The lowest BCUT2D eigenvalue weighted by molar-refractivity contribution is -0.142. The molecule has 0 aliphatic heterocycles. The van der Waals surface area contributed by atoms with Crippen LogP contribution < -0.4 is 9.64 Å². The Morgan fingerprint density at radius 3 is 2.60 bits per heavy atom. The highest BCUT2D eigenvalue weighted by atomic mass is 19.4. The maximum absolute atomic E-state index is 14.1. The van der Waals surface area contributed by atoms with Gasteiger partial charge < -0.3 is 19.2 Å². The van der Waals surface area contributed by atoms with Crippen LogP contribution in [0.3, 0.4) is 0 Å². The van der Waals surface area contributed by atoms with Gasteiger partial charge in [0.1, 0.15) is 11.9 Å². The van der Waals surface area contributed by atoms with Crippen molar-refractivity contribution in [1.82, 2.24) is 19.7 Å². The van der Waals surface area contributed by atoms with E-state index in [-0.39, 0.29) is 34.5 Å². The number of amides is 1. The minimum Gasteiger partial charge on any atom is -0.484 e. The molecule has 1 amide bonds. The Kier molecular flexibility index (Phi) is 6.87. The molecule has 3 aromatic heterocycles. The smallest absolute Gasteiger partial charge is 0.435 e. The van der Waals surface area contributed by atoms with Crippen molar-refractivity contribution >= 4 is 28.8 Å². The van der Waals surface area contributed by atoms with Crippen LogP contribution in [0.2, 0.25) is 0 Å². The van der Waals surface area contributed by atoms with Gasteiger partial charge in [0.05, 0.1) is 28.8 Å². The molecule has 0 bridgehead atoms. The molecule has 3 heterocycles. The number of fused-ring (bicyclic) bond motifs is 2. The maximum Gasteiger partial charge on any atom is 0.435 e. The number of aryl methyl sites for hydroxylation is 1. The van der Waals surface area contributed by atoms with E-state index in [1.54, 1.807) is 38.2 Å². The molecule has 0 radical (unpaired) electrons. The number of hydrogen-bond donors (Lipinski definition) is 1. The number of oxazole rings is 1. The van der Waals surface area contributed by atoms with Crippen LogP contribution >= 0.6 is 0 Å². The van der Waals surface area contributed by atoms with E-state index < -0.39 is 29.9 Å². The zero-order valence-corrected chi connectivity index (χ0v) is 22.9. The first kappa shape index (κ1) is 27.9. The molecule has 1 atom stereocenters. The molecule has 0 unspecified atom stereocenters. The number of anilines is 1. The molecular formula is C30H24F3N5O5. The number of alkyl halides is 3. The first-order chi connectivity index (χ1) is 20.5. The molecule has 0 spiro atoms. The highest BCUT2D eigenvalue weighted by Gasteiger charge is 2.42. The van der Waals surface area contributed by atoms with E-state index >= 15 is 0 Å². The van der Waals surface area contributed by atoms with Crippen LogP contribution in [0, 0.1) is 6.92 Å². The number of carboxylic acids is 1. The molecule has 1 N–H and O–H groups in total. The van der Waals surface area contributed by atoms with E-state index in [2.05, 4.69) is 15.1 Å². The lowest BCUT2D eigenvalue weighted by Crippen LogP contribution is -2.26. The predicted octanol–water partition coefficient (Wildman–Crippen LogP) is 6.17. The number of carbonyl (C=O) groups excluding carboxylic acids is 1. The van der Waals surface area contributed by atoms with Crippen LogP contribution in [0.1, 0.15) is 62.5 Å². The fraction of sp³-hybridized carbons (Fsp3) is 0.233. The van der Waals surface area contributed by atoms with E-state index in [0.29, 0.717) is 41.4 Å². The van der Waals surface area contributed by atoms with Crippen LogP contribution in [0.5, 0.6) is 5.75 Å². The number of halogens is 3. The zero-order chi connectivity index (χ0) is 30.5. The van der Waals surface area contributed by atoms with Gasteiger partial charge in [0.2, 0.25) is 0 Å². The number of aromatic nitrogens is 4. The van der Waals surface area contributed by atoms with Crippen molar-refractivity contribution in [3.63, 3.8) is 0 Å². The van der Waals surface area contributed by atoms with Crippen LogP contribution in [0.4, 0.5) is 18.9 Å². The van der Waals surface area contributed by atoms with Gasteiger partial charge in [-0.15, -0.1) is 0 Å². The number of carbonyl (C=O) groups is 2. The Morgan fingerprint density at radius 2 is 1.88 bits per heavy atom. The molecule has 6 rings (SSSR count). The Labute approximate surface area is 242 Å². The van der Waals surface area contributed by atoms with E-state index in [0.717, 1.165) is 0 Å². The standard InChI is InChI=1S/C30H24F3N5O5/c1-16-35-27-24(42-16)14-20(15-34-27)37(2)28(39)18-5-3-6-19(13-18)38-25-22(26(36-38)30(31,32)33)7-4-8-23(25)43-21-11-9-17(10-12-21)29(40)41/h3,5-6,9-15,23H,4,7-8H2,1-2H3,(H,40,41)/t23-/m0/s1. The molecule has 13 heteroatoms. The summed E-state index contributed by atoms with van der Waals surface area (Å²) in [6.07, 6.45) is -3.02. The van der Waals surface area contributed by atoms with E-state index in [1.807, 2.05) is 0 Å². The average Bonchev–Trinajstić information content (AvgIpc) is 3.57. The third-order valence-corrected chi connectivity index (χ3v) is 7.24. The van der Waals surface area contributed by atoms with Crippen molar-refractivity contribution in [2.75, 3.05) is 11.9 Å². The SMILES string of the molecule is Cc1nc2ncc(N(C)C(=O)c3cccc(-n4nc(C(F)(F)F)c5c4[C@@H](Oc4ccc(C(=O)O)cc4)CCC5)c3)cc2o1. The van der Waals surface area contributed by atoms with Crippen molar-refractivity contribution in [3.8, 4) is 11.4 Å². The van der Waals surface area contributed by atoms with E-state index in [4.69, 9.17) is 9.15 Å². The molecule has 10 nitrogen and oxygen atoms in total. The van der Waals surface area contributed by atoms with Gasteiger partial charge in [-0.25, -0.2) is 14.5 Å². The monoisotopic (exact) mass is 591 g/mol. The Bertz CT molecular complexity index is 1860. The molecule has 1 aliphatic rings. The summed E-state index contributed by atoms with van der Waals surface area (Å²) >= 11 is 0. The summed E-state index contributed by atoms with van der Waals surface area (Å²) in [6, 6.07) is 13.5. The molecule has 5 aromatic rings. The highest BCUT2D eigenvalue weighted by Crippen LogP contribution is 2.42. The van der Waals surface area contributed by atoms with Crippen molar-refractivity contribution in [3.05, 3.63) is 94.8 Å². The highest BCUT2D eigenvalue weighted by molar-refractivity contribution is 6.06. The third-order valence-electron chi connectivity index (χ3n) is 7.24. The van der Waals surface area contributed by atoms with Gasteiger partial charge in [-0.05, 0) is 61.7 Å². The van der Waals surface area contributed by atoms with Gasteiger partial charge in [-0.2, -0.15) is 23.3 Å². The van der Waals surface area contributed by atoms with Gasteiger partial charge in [-0.3, -0.25) is 4.79 Å². The normalized spacial score (nSPS) is 14.9. The first-order valence-electron chi connectivity index (χ1n) is 13.3. The second-order valence-electron chi connectivity index (χ2n) is 10.1. The summed E-state index contributed by atoms with van der Waals surface area (Å²) in [5.74, 6) is -0.795. The van der Waals surface area contributed by atoms with Crippen molar-refractivity contribution in [2.24, 2.45) is 0 Å². The summed E-state index contributed by atoms with van der Waals surface area (Å²) < 4.78 is 55.2. The number of pyridine rings is 1. The fourth-order valence-corrected chi connectivity index (χ4v) is 5.20. The third kappa shape index (κ3) is 5.29. The molecule has 0 saturated heterocycles. The van der Waals surface area contributed by atoms with Gasteiger partial charge in [0.15, 0.2) is 22.8 Å². The van der Waals surface area contributed by atoms with E-state index in [1.165, 1.54) is 46.1 Å². The average molecular weight is 592 g/mol. The second kappa shape index (κ2) is 10.6. The van der Waals surface area contributed by atoms with Crippen molar-refractivity contribution in [2.45, 2.75) is 38.5 Å². The number of aromatic carboxylic acids is 1. The molecule has 43 heavy (non-hydrogen) atoms. The van der Waals surface area contributed by atoms with E-state index in [9.17, 15) is 27.9 Å². The summed E-state index contributed by atoms with van der Waals surface area (Å²) in [5, 5.41) is 13.2. The number of rotatable bonds is 6. The van der Waals surface area contributed by atoms with Crippen LogP contribution in [-0.4, -0.2) is 43.8 Å². The van der Waals surface area contributed by atoms with Crippen LogP contribution in [-0.2, 0) is 12.6 Å². The summed E-state index contributed by atoms with van der Waals surface area (Å²) in [7, 11) is 1.55. The van der Waals surface area contributed by atoms with Gasteiger partial charge >= 0.3 is 12.1 Å². The zero-order valence-electron chi connectivity index (χ0n) is 22.9. The molecule has 2 aromatic carbocycles. The summed E-state index contributed by atoms with van der Waals surface area (Å²) in [6.45, 7) is 1.69. The Hall–Kier alpha value is -5.20. The Balaban J connectivity index is 1.37. The largest absolute Gasteiger partial charge is 0.484 e. The lowest BCUT2D eigenvalue weighted by Gasteiger charge is -2.26. The number of ether oxygens (including phenoxy) is 1. The van der Waals surface area contributed by atoms with Crippen molar-refractivity contribution < 1.29 is 37.0 Å². The predicted molar refractivity (Wildman–Crippen MR) is 148 cm³/mol. The maximum atomic E-state index is 14.1. The van der Waals surface area contributed by atoms with Crippen molar-refractivity contribution in [1.29, 1.82) is 0 Å². The molecular weight excluding hydrogens is 567 g/mol. The molecule has 220 valence electrons. The minimum absolute atomic E-state index is 0.0291. The van der Waals surface area contributed by atoms with Crippen LogP contribution in [0.15, 0.2) is 65.2 Å². The first-order valence-corrected chi connectivity index (χ1v) is 13.3. The number of benzene rings is 2. The number of nitrogens with zero attached hydrogens (tertiary/aromatic N) is 5. The summed E-state index contributed by atoms with van der Waals surface area (Å²) in [4.78, 5) is 34.4. The summed E-state index contributed by atoms with van der Waals surface area (Å²) in [5.41, 5.74) is 1.03.